The van der Waals surface area contributed by atoms with E-state index in [-0.39, 0.29) is 5.69 Å². The van der Waals surface area contributed by atoms with E-state index in [0.717, 1.165) is 18.5 Å². The Hall–Kier alpha value is -1.32. The number of hydrogen-bond acceptors (Lipinski definition) is 2. The Morgan fingerprint density at radius 2 is 2.42 bits per heavy atom. The molecule has 0 radical (unpaired) electrons. The molecule has 4 nitrogen and oxygen atoms in total. The Kier molecular flexibility index (Phi) is 2.47. The first-order valence-electron chi connectivity index (χ1n) is 3.91. The Morgan fingerprint density at radius 3 is 2.83 bits per heavy atom. The van der Waals surface area contributed by atoms with E-state index in [1.54, 1.807) is 17.8 Å². The first-order valence-corrected chi connectivity index (χ1v) is 3.91. The van der Waals surface area contributed by atoms with Gasteiger partial charge < -0.3 is 5.11 Å². The normalized spacial score (nSPS) is 10.2. The molecular weight excluding hydrogens is 156 g/mol. The summed E-state index contributed by atoms with van der Waals surface area (Å²) >= 11 is 0. The van der Waals surface area contributed by atoms with Gasteiger partial charge in [-0.2, -0.15) is 5.10 Å². The summed E-state index contributed by atoms with van der Waals surface area (Å²) in [6, 6.07) is 1.62. The van der Waals surface area contributed by atoms with Gasteiger partial charge >= 0.3 is 5.97 Å². The van der Waals surface area contributed by atoms with Crippen LogP contribution in [0.2, 0.25) is 0 Å². The molecule has 0 atom stereocenters. The number of carbonyl (C=O) groups is 1. The average Bonchev–Trinajstić information content (AvgIpc) is 2.34. The molecule has 1 aromatic rings. The highest BCUT2D eigenvalue weighted by Gasteiger charge is 2.09. The lowest BCUT2D eigenvalue weighted by atomic mass is 10.2. The molecule has 0 saturated carbocycles. The molecule has 0 spiro atoms. The topological polar surface area (TPSA) is 55.1 Å². The number of carboxylic acid groups (broad SMARTS) is 1. The predicted molar refractivity (Wildman–Crippen MR) is 44.2 cm³/mol. The molecule has 0 unspecified atom stereocenters. The van der Waals surface area contributed by atoms with E-state index >= 15 is 0 Å². The third-order valence-corrected chi connectivity index (χ3v) is 1.70. The summed E-state index contributed by atoms with van der Waals surface area (Å²) in [6.07, 6.45) is 1.87. The van der Waals surface area contributed by atoms with Crippen LogP contribution in [-0.4, -0.2) is 20.9 Å². The van der Waals surface area contributed by atoms with Crippen molar-refractivity contribution in [1.82, 2.24) is 9.78 Å². The molecule has 0 saturated heterocycles. The van der Waals surface area contributed by atoms with Gasteiger partial charge in [0, 0.05) is 12.7 Å². The van der Waals surface area contributed by atoms with Crippen LogP contribution in [0.4, 0.5) is 0 Å². The van der Waals surface area contributed by atoms with Crippen LogP contribution in [0.5, 0.6) is 0 Å². The molecule has 1 aromatic heterocycles. The van der Waals surface area contributed by atoms with Gasteiger partial charge in [0.2, 0.25) is 0 Å². The Balaban J connectivity index is 2.92. The van der Waals surface area contributed by atoms with Gasteiger partial charge in [0.15, 0.2) is 5.69 Å². The van der Waals surface area contributed by atoms with Crippen molar-refractivity contribution < 1.29 is 9.90 Å². The fraction of sp³-hybridized carbons (Fsp3) is 0.500. The lowest BCUT2D eigenvalue weighted by Gasteiger charge is -1.95. The molecule has 1 N–H and O–H groups in total. The van der Waals surface area contributed by atoms with Gasteiger partial charge in [-0.15, -0.1) is 0 Å². The van der Waals surface area contributed by atoms with E-state index in [9.17, 15) is 4.79 Å². The minimum Gasteiger partial charge on any atom is -0.476 e. The van der Waals surface area contributed by atoms with Gasteiger partial charge in [0.25, 0.3) is 0 Å². The summed E-state index contributed by atoms with van der Waals surface area (Å²) in [5.41, 5.74) is 1.09. The van der Waals surface area contributed by atoms with Crippen molar-refractivity contribution in [1.29, 1.82) is 0 Å². The van der Waals surface area contributed by atoms with Crippen LogP contribution in [0.15, 0.2) is 6.07 Å². The van der Waals surface area contributed by atoms with Crippen LogP contribution in [-0.2, 0) is 13.5 Å². The largest absolute Gasteiger partial charge is 0.476 e. The molecule has 0 aliphatic carbocycles. The number of rotatable bonds is 3. The summed E-state index contributed by atoms with van der Waals surface area (Å²) in [4.78, 5) is 10.5. The lowest BCUT2D eigenvalue weighted by molar-refractivity contribution is 0.0689. The maximum absolute atomic E-state index is 10.5. The molecule has 0 aliphatic heterocycles. The molecule has 1 heterocycles. The van der Waals surface area contributed by atoms with E-state index in [2.05, 4.69) is 5.10 Å². The quantitative estimate of drug-likeness (QED) is 0.734. The third-order valence-electron chi connectivity index (χ3n) is 1.70. The van der Waals surface area contributed by atoms with Gasteiger partial charge in [-0.05, 0) is 12.5 Å². The lowest BCUT2D eigenvalue weighted by Crippen LogP contribution is -2.00. The highest BCUT2D eigenvalue weighted by atomic mass is 16.4. The molecule has 4 heteroatoms. The number of hydrogen-bond donors (Lipinski definition) is 1. The highest BCUT2D eigenvalue weighted by Crippen LogP contribution is 2.05. The zero-order chi connectivity index (χ0) is 9.14. The number of nitrogens with zero attached hydrogens (tertiary/aromatic N) is 2. The third kappa shape index (κ3) is 1.64. The molecule has 0 aliphatic rings. The zero-order valence-corrected chi connectivity index (χ0v) is 7.24. The summed E-state index contributed by atoms with van der Waals surface area (Å²) in [7, 11) is 1.76. The van der Waals surface area contributed by atoms with Crippen molar-refractivity contribution in [3.8, 4) is 0 Å². The maximum atomic E-state index is 10.5. The van der Waals surface area contributed by atoms with Crippen LogP contribution >= 0.6 is 0 Å². The van der Waals surface area contributed by atoms with Crippen molar-refractivity contribution >= 4 is 5.97 Å². The first-order chi connectivity index (χ1) is 5.65. The van der Waals surface area contributed by atoms with Crippen LogP contribution < -0.4 is 0 Å². The van der Waals surface area contributed by atoms with E-state index in [4.69, 9.17) is 5.11 Å². The van der Waals surface area contributed by atoms with E-state index in [1.807, 2.05) is 6.92 Å². The van der Waals surface area contributed by atoms with Gasteiger partial charge in [0.05, 0.1) is 0 Å². The summed E-state index contributed by atoms with van der Waals surface area (Å²) < 4.78 is 1.62. The van der Waals surface area contributed by atoms with E-state index < -0.39 is 5.97 Å². The van der Waals surface area contributed by atoms with Crippen molar-refractivity contribution in [2.75, 3.05) is 0 Å². The van der Waals surface area contributed by atoms with Crippen LogP contribution in [0.25, 0.3) is 0 Å². The monoisotopic (exact) mass is 168 g/mol. The molecule has 12 heavy (non-hydrogen) atoms. The maximum Gasteiger partial charge on any atom is 0.356 e. The standard InChI is InChI=1S/C8H12N2O2/c1-3-4-6-5-7(8(11)12)9-10(6)2/h5H,3-4H2,1-2H3,(H,11,12). The van der Waals surface area contributed by atoms with Gasteiger partial charge in [-0.3, -0.25) is 4.68 Å². The van der Waals surface area contributed by atoms with Crippen molar-refractivity contribution in [3.63, 3.8) is 0 Å². The fourth-order valence-corrected chi connectivity index (χ4v) is 1.10. The van der Waals surface area contributed by atoms with Crippen molar-refractivity contribution in [2.24, 2.45) is 7.05 Å². The fourth-order valence-electron chi connectivity index (χ4n) is 1.10. The number of aromatic carboxylic acids is 1. The minimum absolute atomic E-state index is 0.126. The minimum atomic E-state index is -0.965. The zero-order valence-electron chi connectivity index (χ0n) is 7.24. The summed E-state index contributed by atoms with van der Waals surface area (Å²) in [5, 5.41) is 12.5. The SMILES string of the molecule is CCCc1cc(C(=O)O)nn1C. The molecule has 0 aromatic carbocycles. The second kappa shape index (κ2) is 3.38. The summed E-state index contributed by atoms with van der Waals surface area (Å²) in [5.74, 6) is -0.965. The van der Waals surface area contributed by atoms with Crippen LogP contribution in [0.3, 0.4) is 0 Å². The molecule has 0 fully saturated rings. The highest BCUT2D eigenvalue weighted by molar-refractivity contribution is 5.85. The second-order valence-corrected chi connectivity index (χ2v) is 2.70. The molecule has 1 rings (SSSR count). The van der Waals surface area contributed by atoms with Crippen molar-refractivity contribution in [3.05, 3.63) is 17.5 Å². The number of aromatic nitrogens is 2. The van der Waals surface area contributed by atoms with Crippen LogP contribution in [0, 0.1) is 0 Å². The first kappa shape index (κ1) is 8.77. The molecule has 0 bridgehead atoms. The molecule has 66 valence electrons. The number of carboxylic acids is 1. The van der Waals surface area contributed by atoms with E-state index in [0.29, 0.717) is 0 Å². The van der Waals surface area contributed by atoms with Gasteiger partial charge in [-0.25, -0.2) is 4.79 Å². The predicted octanol–water partition coefficient (Wildman–Crippen LogP) is 1.07. The average molecular weight is 168 g/mol. The second-order valence-electron chi connectivity index (χ2n) is 2.70. The number of aryl methyl sites for hydroxylation is 2. The summed E-state index contributed by atoms with van der Waals surface area (Å²) in [6.45, 7) is 2.05. The Labute approximate surface area is 70.8 Å². The van der Waals surface area contributed by atoms with Crippen LogP contribution in [0.1, 0.15) is 29.5 Å². The van der Waals surface area contributed by atoms with Gasteiger partial charge in [-0.1, -0.05) is 13.3 Å². The van der Waals surface area contributed by atoms with Crippen molar-refractivity contribution in [2.45, 2.75) is 19.8 Å². The molecule has 0 amide bonds. The smallest absolute Gasteiger partial charge is 0.356 e. The van der Waals surface area contributed by atoms with E-state index in [1.165, 1.54) is 0 Å². The Bertz CT molecular complexity index is 291. The van der Waals surface area contributed by atoms with Gasteiger partial charge in [0.1, 0.15) is 0 Å². The Morgan fingerprint density at radius 1 is 1.75 bits per heavy atom. The molecular formula is C8H12N2O2.